The van der Waals surface area contributed by atoms with Crippen molar-refractivity contribution in [3.63, 3.8) is 0 Å². The Bertz CT molecular complexity index is 389. The van der Waals surface area contributed by atoms with Gasteiger partial charge < -0.3 is 0 Å². The van der Waals surface area contributed by atoms with Crippen molar-refractivity contribution in [2.45, 2.75) is 19.9 Å². The van der Waals surface area contributed by atoms with Crippen molar-refractivity contribution in [3.05, 3.63) is 35.4 Å². The highest BCUT2D eigenvalue weighted by atomic mass is 16.1. The summed E-state index contributed by atoms with van der Waals surface area (Å²) in [7, 11) is 1.88. The van der Waals surface area contributed by atoms with Crippen LogP contribution >= 0.6 is 0 Å². The van der Waals surface area contributed by atoms with Crippen LogP contribution in [0.2, 0.25) is 0 Å². The third kappa shape index (κ3) is 4.24. The molecule has 1 aromatic carbocycles. The standard InChI is InChI=1S/C13H16N2O/c1-11-3-5-12(6-4-11)9-15(2)10-13(16)7-8-14/h3-6H,7,9-10H2,1-2H3. The monoisotopic (exact) mass is 216 g/mol. The maximum absolute atomic E-state index is 11.2. The molecule has 1 aromatic rings. The van der Waals surface area contributed by atoms with E-state index in [2.05, 4.69) is 24.3 Å². The SMILES string of the molecule is Cc1ccc(CN(C)CC(=O)CC#N)cc1. The molecule has 0 radical (unpaired) electrons. The number of ketones is 1. The van der Waals surface area contributed by atoms with Crippen LogP contribution in [0.3, 0.4) is 0 Å². The maximum atomic E-state index is 11.2. The average Bonchev–Trinajstić information content (AvgIpc) is 2.21. The lowest BCUT2D eigenvalue weighted by Gasteiger charge is -2.15. The second kappa shape index (κ2) is 6.04. The van der Waals surface area contributed by atoms with Crippen LogP contribution in [-0.4, -0.2) is 24.3 Å². The molecule has 0 aromatic heterocycles. The lowest BCUT2D eigenvalue weighted by Crippen LogP contribution is -2.25. The van der Waals surface area contributed by atoms with Crippen LogP contribution in [-0.2, 0) is 11.3 Å². The van der Waals surface area contributed by atoms with Gasteiger partial charge in [-0.1, -0.05) is 29.8 Å². The summed E-state index contributed by atoms with van der Waals surface area (Å²) in [6, 6.07) is 10.1. The van der Waals surface area contributed by atoms with Gasteiger partial charge in [0, 0.05) is 6.54 Å². The van der Waals surface area contributed by atoms with Gasteiger partial charge in [-0.25, -0.2) is 0 Å². The van der Waals surface area contributed by atoms with E-state index in [1.807, 2.05) is 24.9 Å². The number of Topliss-reactive ketones (excluding diaryl/α,β-unsaturated/α-hetero) is 1. The van der Waals surface area contributed by atoms with Gasteiger partial charge in [-0.15, -0.1) is 0 Å². The Labute approximate surface area is 96.3 Å². The number of carbonyl (C=O) groups excluding carboxylic acids is 1. The van der Waals surface area contributed by atoms with Crippen LogP contribution in [0.4, 0.5) is 0 Å². The second-order valence-electron chi connectivity index (χ2n) is 4.03. The van der Waals surface area contributed by atoms with Gasteiger partial charge in [0.15, 0.2) is 5.78 Å². The van der Waals surface area contributed by atoms with E-state index in [0.29, 0.717) is 6.54 Å². The Kier molecular flexibility index (Phi) is 4.68. The van der Waals surface area contributed by atoms with E-state index < -0.39 is 0 Å². The molecule has 84 valence electrons. The molecule has 0 unspecified atom stereocenters. The highest BCUT2D eigenvalue weighted by Crippen LogP contribution is 2.05. The van der Waals surface area contributed by atoms with Crippen molar-refractivity contribution in [3.8, 4) is 6.07 Å². The molecule has 0 aliphatic heterocycles. The molecule has 3 heteroatoms. The van der Waals surface area contributed by atoms with E-state index in [1.54, 1.807) is 0 Å². The number of hydrogen-bond acceptors (Lipinski definition) is 3. The molecule has 0 aliphatic carbocycles. The van der Waals surface area contributed by atoms with E-state index >= 15 is 0 Å². The van der Waals surface area contributed by atoms with Gasteiger partial charge in [0.2, 0.25) is 0 Å². The zero-order valence-electron chi connectivity index (χ0n) is 9.73. The van der Waals surface area contributed by atoms with Crippen LogP contribution in [0.15, 0.2) is 24.3 Å². The number of likely N-dealkylation sites (N-methyl/N-ethyl adjacent to an activating group) is 1. The third-order valence-corrected chi connectivity index (χ3v) is 2.30. The fourth-order valence-electron chi connectivity index (χ4n) is 1.51. The van der Waals surface area contributed by atoms with Gasteiger partial charge >= 0.3 is 0 Å². The zero-order chi connectivity index (χ0) is 12.0. The summed E-state index contributed by atoms with van der Waals surface area (Å²) in [5, 5.41) is 8.38. The highest BCUT2D eigenvalue weighted by molar-refractivity contribution is 5.82. The van der Waals surface area contributed by atoms with Gasteiger partial charge in [0.05, 0.1) is 19.0 Å². The van der Waals surface area contributed by atoms with E-state index in [9.17, 15) is 4.79 Å². The fourth-order valence-corrected chi connectivity index (χ4v) is 1.51. The number of aryl methyl sites for hydroxylation is 1. The Morgan fingerprint density at radius 1 is 1.38 bits per heavy atom. The van der Waals surface area contributed by atoms with Crippen LogP contribution in [0.1, 0.15) is 17.5 Å². The lowest BCUT2D eigenvalue weighted by atomic mass is 10.1. The summed E-state index contributed by atoms with van der Waals surface area (Å²) in [6.45, 7) is 3.11. The highest BCUT2D eigenvalue weighted by Gasteiger charge is 2.06. The van der Waals surface area contributed by atoms with Crippen molar-refractivity contribution >= 4 is 5.78 Å². The maximum Gasteiger partial charge on any atom is 0.160 e. The van der Waals surface area contributed by atoms with Gasteiger partial charge in [-0.2, -0.15) is 5.26 Å². The van der Waals surface area contributed by atoms with Crippen LogP contribution in [0.5, 0.6) is 0 Å². The van der Waals surface area contributed by atoms with Gasteiger partial charge in [0.1, 0.15) is 0 Å². The van der Waals surface area contributed by atoms with E-state index in [-0.39, 0.29) is 12.2 Å². The molecule has 3 nitrogen and oxygen atoms in total. The first-order valence-corrected chi connectivity index (χ1v) is 5.24. The molecular formula is C13H16N2O. The van der Waals surface area contributed by atoms with Gasteiger partial charge in [-0.05, 0) is 19.5 Å². The summed E-state index contributed by atoms with van der Waals surface area (Å²) >= 11 is 0. The van der Waals surface area contributed by atoms with Gasteiger partial charge in [0.25, 0.3) is 0 Å². The van der Waals surface area contributed by atoms with Crippen LogP contribution < -0.4 is 0 Å². The fraction of sp³-hybridized carbons (Fsp3) is 0.385. The van der Waals surface area contributed by atoms with Crippen LogP contribution in [0.25, 0.3) is 0 Å². The Morgan fingerprint density at radius 2 is 2.00 bits per heavy atom. The quantitative estimate of drug-likeness (QED) is 0.755. The van der Waals surface area contributed by atoms with Crippen LogP contribution in [0, 0.1) is 18.3 Å². The molecule has 0 spiro atoms. The molecule has 0 heterocycles. The molecule has 0 bridgehead atoms. The summed E-state index contributed by atoms with van der Waals surface area (Å²) in [5.74, 6) is -0.0305. The minimum atomic E-state index is -0.0305. The molecule has 1 rings (SSSR count). The minimum Gasteiger partial charge on any atom is -0.297 e. The molecule has 0 saturated heterocycles. The van der Waals surface area contributed by atoms with E-state index in [0.717, 1.165) is 6.54 Å². The van der Waals surface area contributed by atoms with Crippen molar-refractivity contribution in [2.24, 2.45) is 0 Å². The largest absolute Gasteiger partial charge is 0.297 e. The third-order valence-electron chi connectivity index (χ3n) is 2.30. The van der Waals surface area contributed by atoms with Crippen molar-refractivity contribution in [1.29, 1.82) is 5.26 Å². The number of nitriles is 1. The number of rotatable bonds is 5. The van der Waals surface area contributed by atoms with Crippen molar-refractivity contribution in [1.82, 2.24) is 4.90 Å². The Balaban J connectivity index is 2.45. The average molecular weight is 216 g/mol. The Morgan fingerprint density at radius 3 is 2.56 bits per heavy atom. The first kappa shape index (κ1) is 12.4. The molecule has 16 heavy (non-hydrogen) atoms. The smallest absolute Gasteiger partial charge is 0.160 e. The summed E-state index contributed by atoms with van der Waals surface area (Å²) in [6.07, 6.45) is -0.00175. The van der Waals surface area contributed by atoms with E-state index in [1.165, 1.54) is 11.1 Å². The predicted octanol–water partition coefficient (Wildman–Crippen LogP) is 1.91. The van der Waals surface area contributed by atoms with Gasteiger partial charge in [-0.3, -0.25) is 9.69 Å². The number of hydrogen-bond donors (Lipinski definition) is 0. The first-order chi connectivity index (χ1) is 7.61. The molecule has 0 amide bonds. The Hall–Kier alpha value is -1.66. The molecule has 0 fully saturated rings. The van der Waals surface area contributed by atoms with E-state index in [4.69, 9.17) is 5.26 Å². The van der Waals surface area contributed by atoms with Crippen molar-refractivity contribution in [2.75, 3.05) is 13.6 Å². The molecule has 0 N–H and O–H groups in total. The number of carbonyl (C=O) groups is 1. The predicted molar refractivity (Wildman–Crippen MR) is 62.8 cm³/mol. The molecule has 0 atom stereocenters. The summed E-state index contributed by atoms with van der Waals surface area (Å²) in [5.41, 5.74) is 2.41. The summed E-state index contributed by atoms with van der Waals surface area (Å²) < 4.78 is 0. The topological polar surface area (TPSA) is 44.1 Å². The lowest BCUT2D eigenvalue weighted by molar-refractivity contribution is -0.119. The summed E-state index contributed by atoms with van der Waals surface area (Å²) in [4.78, 5) is 13.2. The number of benzene rings is 1. The zero-order valence-corrected chi connectivity index (χ0v) is 9.73. The normalized spacial score (nSPS) is 10.1. The molecular weight excluding hydrogens is 200 g/mol. The second-order valence-corrected chi connectivity index (χ2v) is 4.03. The molecule has 0 aliphatic rings. The minimum absolute atomic E-state index is 0.00175. The number of nitrogens with zero attached hydrogens (tertiary/aromatic N) is 2. The van der Waals surface area contributed by atoms with Crippen molar-refractivity contribution < 1.29 is 4.79 Å². The molecule has 0 saturated carbocycles. The first-order valence-electron chi connectivity index (χ1n) is 5.24.